The predicted octanol–water partition coefficient (Wildman–Crippen LogP) is 2.64. The Hall–Kier alpha value is -1.58. The maximum atomic E-state index is 12.3. The molecule has 2 aliphatic rings. The van der Waals surface area contributed by atoms with Gasteiger partial charge in [0.25, 0.3) is 0 Å². The van der Waals surface area contributed by atoms with E-state index >= 15 is 0 Å². The van der Waals surface area contributed by atoms with Gasteiger partial charge in [-0.15, -0.1) is 0 Å². The molecule has 2 saturated heterocycles. The van der Waals surface area contributed by atoms with E-state index in [1.165, 1.54) is 0 Å². The van der Waals surface area contributed by atoms with Gasteiger partial charge in [-0.1, -0.05) is 13.8 Å². The molecule has 108 valence electrons. The number of nitrogens with zero attached hydrogens (tertiary/aromatic N) is 2. The van der Waals surface area contributed by atoms with Crippen LogP contribution in [0.25, 0.3) is 0 Å². The summed E-state index contributed by atoms with van der Waals surface area (Å²) >= 11 is 0. The average Bonchev–Trinajstić information content (AvgIpc) is 2.70. The standard InChI is InChI=1S/C16H22N2O2/c1-11(2)16(19)18-12-3-4-13(18)10-15(9-12)20-14-5-7-17-8-6-14/h5-8,11-13,15H,3-4,9-10H2,1-2H3. The molecule has 20 heavy (non-hydrogen) atoms. The molecule has 0 N–H and O–H groups in total. The van der Waals surface area contributed by atoms with Crippen LogP contribution in [0.2, 0.25) is 0 Å². The molecule has 1 aromatic rings. The molecule has 2 atom stereocenters. The highest BCUT2D eigenvalue weighted by Gasteiger charge is 2.44. The minimum absolute atomic E-state index is 0.0933. The molecule has 1 aromatic heterocycles. The first kappa shape index (κ1) is 13.4. The van der Waals surface area contributed by atoms with Crippen molar-refractivity contribution in [1.82, 2.24) is 9.88 Å². The monoisotopic (exact) mass is 274 g/mol. The van der Waals surface area contributed by atoms with E-state index in [1.807, 2.05) is 26.0 Å². The fourth-order valence-electron chi connectivity index (χ4n) is 3.49. The zero-order valence-electron chi connectivity index (χ0n) is 12.2. The Balaban J connectivity index is 1.66. The number of ether oxygens (including phenoxy) is 1. The number of pyridine rings is 1. The number of amides is 1. The van der Waals surface area contributed by atoms with Crippen LogP contribution in [0, 0.1) is 5.92 Å². The van der Waals surface area contributed by atoms with Crippen molar-refractivity contribution in [3.8, 4) is 5.75 Å². The van der Waals surface area contributed by atoms with Crippen molar-refractivity contribution in [1.29, 1.82) is 0 Å². The summed E-state index contributed by atoms with van der Waals surface area (Å²) in [5, 5.41) is 0. The maximum absolute atomic E-state index is 12.3. The lowest BCUT2D eigenvalue weighted by Gasteiger charge is -2.39. The lowest BCUT2D eigenvalue weighted by molar-refractivity contribution is -0.140. The molecule has 0 aromatic carbocycles. The van der Waals surface area contributed by atoms with E-state index in [9.17, 15) is 4.79 Å². The lowest BCUT2D eigenvalue weighted by atomic mass is 9.98. The number of aromatic nitrogens is 1. The molecule has 2 bridgehead atoms. The van der Waals surface area contributed by atoms with E-state index in [-0.39, 0.29) is 12.0 Å². The quantitative estimate of drug-likeness (QED) is 0.851. The van der Waals surface area contributed by atoms with Crippen LogP contribution in [0.1, 0.15) is 39.5 Å². The van der Waals surface area contributed by atoms with Gasteiger partial charge in [0.15, 0.2) is 0 Å². The fraction of sp³-hybridized carbons (Fsp3) is 0.625. The van der Waals surface area contributed by atoms with Crippen LogP contribution in [-0.4, -0.2) is 34.0 Å². The molecule has 0 radical (unpaired) electrons. The second kappa shape index (κ2) is 5.43. The zero-order valence-corrected chi connectivity index (χ0v) is 12.2. The van der Waals surface area contributed by atoms with Crippen LogP contribution >= 0.6 is 0 Å². The summed E-state index contributed by atoms with van der Waals surface area (Å²) in [6, 6.07) is 4.53. The Labute approximate surface area is 120 Å². The van der Waals surface area contributed by atoms with Crippen LogP contribution < -0.4 is 4.74 Å². The Morgan fingerprint density at radius 1 is 1.25 bits per heavy atom. The summed E-state index contributed by atoms with van der Waals surface area (Å²) in [4.78, 5) is 18.4. The lowest BCUT2D eigenvalue weighted by Crippen LogP contribution is -2.50. The molecule has 4 nitrogen and oxygen atoms in total. The smallest absolute Gasteiger partial charge is 0.225 e. The molecule has 0 spiro atoms. The van der Waals surface area contributed by atoms with Gasteiger partial charge in [-0.2, -0.15) is 0 Å². The molecular weight excluding hydrogens is 252 g/mol. The molecule has 4 heteroatoms. The summed E-state index contributed by atoms with van der Waals surface area (Å²) in [5.74, 6) is 1.28. The summed E-state index contributed by atoms with van der Waals surface area (Å²) in [7, 11) is 0. The van der Waals surface area contributed by atoms with E-state index in [0.717, 1.165) is 31.4 Å². The number of carbonyl (C=O) groups excluding carboxylic acids is 1. The van der Waals surface area contributed by atoms with Gasteiger partial charge < -0.3 is 9.64 Å². The van der Waals surface area contributed by atoms with Crippen LogP contribution in [0.3, 0.4) is 0 Å². The highest BCUT2D eigenvalue weighted by atomic mass is 16.5. The Bertz CT molecular complexity index is 461. The summed E-state index contributed by atoms with van der Waals surface area (Å²) in [5.41, 5.74) is 0. The van der Waals surface area contributed by atoms with Gasteiger partial charge in [0.1, 0.15) is 11.9 Å². The highest BCUT2D eigenvalue weighted by molar-refractivity contribution is 5.79. The molecular formula is C16H22N2O2. The molecule has 0 saturated carbocycles. The van der Waals surface area contributed by atoms with E-state index < -0.39 is 0 Å². The normalized spacial score (nSPS) is 28.8. The van der Waals surface area contributed by atoms with Crippen molar-refractivity contribution < 1.29 is 9.53 Å². The molecule has 2 unspecified atom stereocenters. The Kier molecular flexibility index (Phi) is 3.64. The van der Waals surface area contributed by atoms with E-state index in [4.69, 9.17) is 4.74 Å². The third kappa shape index (κ3) is 2.51. The first-order valence-electron chi connectivity index (χ1n) is 7.54. The minimum atomic E-state index is 0.0933. The van der Waals surface area contributed by atoms with E-state index in [1.54, 1.807) is 12.4 Å². The Morgan fingerprint density at radius 3 is 2.40 bits per heavy atom. The first-order valence-corrected chi connectivity index (χ1v) is 7.54. The number of carbonyl (C=O) groups is 1. The number of fused-ring (bicyclic) bond motifs is 2. The minimum Gasteiger partial charge on any atom is -0.490 e. The third-order valence-electron chi connectivity index (χ3n) is 4.39. The second-order valence-corrected chi connectivity index (χ2v) is 6.18. The molecule has 1 amide bonds. The second-order valence-electron chi connectivity index (χ2n) is 6.18. The fourth-order valence-corrected chi connectivity index (χ4v) is 3.49. The highest BCUT2D eigenvalue weighted by Crippen LogP contribution is 2.38. The van der Waals surface area contributed by atoms with Crippen LogP contribution in [0.4, 0.5) is 0 Å². The van der Waals surface area contributed by atoms with Gasteiger partial charge in [0.2, 0.25) is 5.91 Å². The predicted molar refractivity (Wildman–Crippen MR) is 76.4 cm³/mol. The van der Waals surface area contributed by atoms with Gasteiger partial charge in [0.05, 0.1) is 0 Å². The van der Waals surface area contributed by atoms with Crippen molar-refractivity contribution in [2.45, 2.75) is 57.7 Å². The Morgan fingerprint density at radius 2 is 1.85 bits per heavy atom. The molecule has 2 aliphatic heterocycles. The average molecular weight is 274 g/mol. The number of hydrogen-bond donors (Lipinski definition) is 0. The van der Waals surface area contributed by atoms with Gasteiger partial charge in [-0.05, 0) is 25.0 Å². The van der Waals surface area contributed by atoms with Crippen molar-refractivity contribution in [2.75, 3.05) is 0 Å². The topological polar surface area (TPSA) is 42.4 Å². The molecule has 3 rings (SSSR count). The summed E-state index contributed by atoms with van der Waals surface area (Å²) in [6.45, 7) is 3.97. The van der Waals surface area contributed by atoms with Crippen molar-refractivity contribution >= 4 is 5.91 Å². The van der Waals surface area contributed by atoms with Crippen molar-refractivity contribution in [3.63, 3.8) is 0 Å². The number of piperidine rings is 1. The SMILES string of the molecule is CC(C)C(=O)N1C2CCC1CC(Oc1ccncc1)C2. The maximum Gasteiger partial charge on any atom is 0.225 e. The van der Waals surface area contributed by atoms with E-state index in [0.29, 0.717) is 18.0 Å². The van der Waals surface area contributed by atoms with Gasteiger partial charge in [-0.25, -0.2) is 0 Å². The third-order valence-corrected chi connectivity index (χ3v) is 4.39. The van der Waals surface area contributed by atoms with Crippen molar-refractivity contribution in [3.05, 3.63) is 24.5 Å². The van der Waals surface area contributed by atoms with Crippen molar-refractivity contribution in [2.24, 2.45) is 5.92 Å². The van der Waals surface area contributed by atoms with Gasteiger partial charge >= 0.3 is 0 Å². The first-order chi connectivity index (χ1) is 9.65. The summed E-state index contributed by atoms with van der Waals surface area (Å²) in [6.07, 6.45) is 7.89. The zero-order chi connectivity index (χ0) is 14.1. The van der Waals surface area contributed by atoms with Gasteiger partial charge in [0, 0.05) is 43.2 Å². The molecule has 0 aliphatic carbocycles. The van der Waals surface area contributed by atoms with Gasteiger partial charge in [-0.3, -0.25) is 9.78 Å². The number of hydrogen-bond acceptors (Lipinski definition) is 3. The van der Waals surface area contributed by atoms with E-state index in [2.05, 4.69) is 9.88 Å². The molecule has 2 fully saturated rings. The largest absolute Gasteiger partial charge is 0.490 e. The van der Waals surface area contributed by atoms with Crippen LogP contribution in [0.15, 0.2) is 24.5 Å². The van der Waals surface area contributed by atoms with Crippen LogP contribution in [0.5, 0.6) is 5.75 Å². The summed E-state index contributed by atoms with van der Waals surface area (Å²) < 4.78 is 6.05. The molecule has 3 heterocycles. The van der Waals surface area contributed by atoms with Crippen LogP contribution in [-0.2, 0) is 4.79 Å². The number of rotatable bonds is 3.